The van der Waals surface area contributed by atoms with Gasteiger partial charge in [0, 0.05) is 6.54 Å². The van der Waals surface area contributed by atoms with Crippen LogP contribution in [0.15, 0.2) is 29.2 Å². The largest absolute Gasteiger partial charge is 0.417 e. The van der Waals surface area contributed by atoms with Crippen molar-refractivity contribution in [2.75, 3.05) is 19.6 Å². The third kappa shape index (κ3) is 6.63. The van der Waals surface area contributed by atoms with E-state index in [9.17, 15) is 26.4 Å². The Hall–Kier alpha value is -1.36. The van der Waals surface area contributed by atoms with Gasteiger partial charge in [0.15, 0.2) is 0 Å². The highest BCUT2D eigenvalue weighted by molar-refractivity contribution is 7.89. The van der Waals surface area contributed by atoms with Crippen LogP contribution in [0.4, 0.5) is 13.2 Å². The van der Waals surface area contributed by atoms with Crippen molar-refractivity contribution in [3.63, 3.8) is 0 Å². The van der Waals surface area contributed by atoms with Crippen molar-refractivity contribution in [2.45, 2.75) is 36.9 Å². The van der Waals surface area contributed by atoms with E-state index in [4.69, 9.17) is 0 Å². The van der Waals surface area contributed by atoms with E-state index in [0.717, 1.165) is 38.1 Å². The Morgan fingerprint density at radius 3 is 2.59 bits per heavy atom. The lowest BCUT2D eigenvalue weighted by molar-refractivity contribution is -0.139. The molecule has 0 bridgehead atoms. The Morgan fingerprint density at radius 1 is 1.33 bits per heavy atom. The second-order valence-corrected chi connectivity index (χ2v) is 7.96. The topological polar surface area (TPSA) is 87.3 Å². The standard InChI is InChI=1S/C16H22F3N3O3S.ClH/c1-11(15(23)21-9-7-12-6-8-20-10-12)22-26(24,25)14-5-3-2-4-13(14)16(17,18)19;/h2-5,11-12,20,22H,6-10H2,1H3,(H,21,23);1H. The fourth-order valence-electron chi connectivity index (χ4n) is 2.80. The molecule has 1 amide bonds. The molecule has 154 valence electrons. The summed E-state index contributed by atoms with van der Waals surface area (Å²) in [5, 5.41) is 5.82. The molecule has 2 atom stereocenters. The Labute approximate surface area is 162 Å². The molecule has 3 N–H and O–H groups in total. The summed E-state index contributed by atoms with van der Waals surface area (Å²) < 4.78 is 65.6. The minimum atomic E-state index is -4.81. The molecular weight excluding hydrogens is 407 g/mol. The van der Waals surface area contributed by atoms with Crippen LogP contribution in [-0.4, -0.2) is 40.0 Å². The molecule has 1 aliphatic rings. The van der Waals surface area contributed by atoms with Gasteiger partial charge >= 0.3 is 6.18 Å². The van der Waals surface area contributed by atoms with Crippen molar-refractivity contribution in [3.8, 4) is 0 Å². The van der Waals surface area contributed by atoms with Crippen molar-refractivity contribution in [1.29, 1.82) is 0 Å². The van der Waals surface area contributed by atoms with Crippen LogP contribution in [0.25, 0.3) is 0 Å². The summed E-state index contributed by atoms with van der Waals surface area (Å²) in [6.07, 6.45) is -3.03. The van der Waals surface area contributed by atoms with Gasteiger partial charge in [-0.05, 0) is 50.9 Å². The van der Waals surface area contributed by atoms with Crippen LogP contribution in [0.5, 0.6) is 0 Å². The highest BCUT2D eigenvalue weighted by atomic mass is 35.5. The second-order valence-electron chi connectivity index (χ2n) is 6.28. The highest BCUT2D eigenvalue weighted by Crippen LogP contribution is 2.33. The number of alkyl halides is 3. The molecular formula is C16H23ClF3N3O3S. The van der Waals surface area contributed by atoms with Crippen molar-refractivity contribution >= 4 is 28.3 Å². The molecule has 1 aliphatic heterocycles. The third-order valence-electron chi connectivity index (χ3n) is 4.22. The molecule has 6 nitrogen and oxygen atoms in total. The maximum atomic E-state index is 13.0. The third-order valence-corrected chi connectivity index (χ3v) is 5.82. The maximum Gasteiger partial charge on any atom is 0.417 e. The van der Waals surface area contributed by atoms with Gasteiger partial charge in [-0.15, -0.1) is 12.4 Å². The summed E-state index contributed by atoms with van der Waals surface area (Å²) in [4.78, 5) is 11.1. The average Bonchev–Trinajstić information content (AvgIpc) is 3.07. The van der Waals surface area contributed by atoms with Gasteiger partial charge in [-0.3, -0.25) is 4.79 Å². The maximum absolute atomic E-state index is 13.0. The molecule has 0 saturated carbocycles. The molecule has 0 aromatic heterocycles. The lowest BCUT2D eigenvalue weighted by Gasteiger charge is -2.17. The zero-order valence-corrected chi connectivity index (χ0v) is 16.3. The molecule has 1 heterocycles. The van der Waals surface area contributed by atoms with Gasteiger partial charge in [-0.2, -0.15) is 17.9 Å². The van der Waals surface area contributed by atoms with Crippen LogP contribution in [0, 0.1) is 5.92 Å². The average molecular weight is 430 g/mol. The molecule has 1 saturated heterocycles. The van der Waals surface area contributed by atoms with Crippen LogP contribution >= 0.6 is 12.4 Å². The van der Waals surface area contributed by atoms with Crippen molar-refractivity contribution < 1.29 is 26.4 Å². The number of rotatable bonds is 7. The minimum absolute atomic E-state index is 0. The number of benzene rings is 1. The normalized spacial score (nSPS) is 18.6. The smallest absolute Gasteiger partial charge is 0.355 e. The van der Waals surface area contributed by atoms with Gasteiger partial charge in [0.05, 0.1) is 16.5 Å². The molecule has 1 aromatic rings. The number of halogens is 4. The fourth-order valence-corrected chi connectivity index (χ4v) is 4.23. The highest BCUT2D eigenvalue weighted by Gasteiger charge is 2.37. The zero-order valence-electron chi connectivity index (χ0n) is 14.7. The Bertz CT molecular complexity index is 738. The monoisotopic (exact) mass is 429 g/mol. The first kappa shape index (κ1) is 23.7. The molecule has 11 heteroatoms. The van der Waals surface area contributed by atoms with Crippen LogP contribution in [0.3, 0.4) is 0 Å². The number of amides is 1. The van der Waals surface area contributed by atoms with Gasteiger partial charge < -0.3 is 10.6 Å². The van der Waals surface area contributed by atoms with Crippen LogP contribution in [0.2, 0.25) is 0 Å². The minimum Gasteiger partial charge on any atom is -0.355 e. The van der Waals surface area contributed by atoms with E-state index < -0.39 is 38.6 Å². The lowest BCUT2D eigenvalue weighted by Crippen LogP contribution is -2.45. The van der Waals surface area contributed by atoms with Gasteiger partial charge in [0.2, 0.25) is 15.9 Å². The SMILES string of the molecule is CC(NS(=O)(=O)c1ccccc1C(F)(F)F)C(=O)NCCC1CCNC1.Cl. The van der Waals surface area contributed by atoms with E-state index in [2.05, 4.69) is 10.6 Å². The Balaban J connectivity index is 0.00000364. The first-order valence-corrected chi connectivity index (χ1v) is 9.76. The Morgan fingerprint density at radius 2 is 2.00 bits per heavy atom. The molecule has 0 aliphatic carbocycles. The van der Waals surface area contributed by atoms with E-state index in [0.29, 0.717) is 18.5 Å². The predicted octanol–water partition coefficient (Wildman–Crippen LogP) is 1.91. The quantitative estimate of drug-likeness (QED) is 0.618. The molecule has 1 aromatic carbocycles. The van der Waals surface area contributed by atoms with Gasteiger partial charge in [-0.1, -0.05) is 12.1 Å². The molecule has 27 heavy (non-hydrogen) atoms. The summed E-state index contributed by atoms with van der Waals surface area (Å²) >= 11 is 0. The summed E-state index contributed by atoms with van der Waals surface area (Å²) in [6.45, 7) is 3.50. The zero-order chi connectivity index (χ0) is 19.4. The fraction of sp³-hybridized carbons (Fsp3) is 0.562. The molecule has 0 spiro atoms. The van der Waals surface area contributed by atoms with E-state index in [1.807, 2.05) is 4.72 Å². The van der Waals surface area contributed by atoms with Gasteiger partial charge in [0.1, 0.15) is 0 Å². The predicted molar refractivity (Wildman–Crippen MR) is 97.1 cm³/mol. The van der Waals surface area contributed by atoms with Crippen molar-refractivity contribution in [3.05, 3.63) is 29.8 Å². The second kappa shape index (κ2) is 9.72. The van der Waals surface area contributed by atoms with E-state index in [-0.39, 0.29) is 12.4 Å². The number of carbonyl (C=O) groups is 1. The van der Waals surface area contributed by atoms with E-state index in [1.54, 1.807) is 0 Å². The molecule has 2 rings (SSSR count). The summed E-state index contributed by atoms with van der Waals surface area (Å²) in [6, 6.07) is 2.67. The first-order valence-electron chi connectivity index (χ1n) is 8.28. The van der Waals surface area contributed by atoms with Crippen molar-refractivity contribution in [2.24, 2.45) is 5.92 Å². The molecule has 0 radical (unpaired) electrons. The Kier molecular flexibility index (Phi) is 8.52. The number of sulfonamides is 1. The number of nitrogens with one attached hydrogen (secondary N) is 3. The van der Waals surface area contributed by atoms with Crippen LogP contribution in [-0.2, 0) is 21.0 Å². The van der Waals surface area contributed by atoms with E-state index in [1.165, 1.54) is 13.0 Å². The van der Waals surface area contributed by atoms with Crippen molar-refractivity contribution in [1.82, 2.24) is 15.4 Å². The van der Waals surface area contributed by atoms with E-state index >= 15 is 0 Å². The summed E-state index contributed by atoms with van der Waals surface area (Å²) in [5.41, 5.74) is -1.27. The molecule has 2 unspecified atom stereocenters. The first-order chi connectivity index (χ1) is 12.1. The summed E-state index contributed by atoms with van der Waals surface area (Å²) in [5.74, 6) is -0.120. The van der Waals surface area contributed by atoms with Crippen LogP contribution < -0.4 is 15.4 Å². The number of carbonyl (C=O) groups excluding carboxylic acids is 1. The summed E-state index contributed by atoms with van der Waals surface area (Å²) in [7, 11) is -4.50. The van der Waals surface area contributed by atoms with Crippen LogP contribution in [0.1, 0.15) is 25.3 Å². The molecule has 1 fully saturated rings. The van der Waals surface area contributed by atoms with Gasteiger partial charge in [-0.25, -0.2) is 8.42 Å². The number of hydrogen-bond donors (Lipinski definition) is 3. The lowest BCUT2D eigenvalue weighted by atomic mass is 10.1. The number of hydrogen-bond acceptors (Lipinski definition) is 4. The van der Waals surface area contributed by atoms with Gasteiger partial charge in [0.25, 0.3) is 0 Å².